The van der Waals surface area contributed by atoms with E-state index in [2.05, 4.69) is 5.32 Å². The molecule has 0 amide bonds. The minimum Gasteiger partial charge on any atom is -0.388 e. The smallest absolute Gasteiger partial charge is 0.0802 e. The van der Waals surface area contributed by atoms with Crippen molar-refractivity contribution >= 4 is 10.8 Å². The highest BCUT2D eigenvalue weighted by Crippen LogP contribution is 2.14. The minimum atomic E-state index is -0.785. The molecular weight excluding hydrogens is 234 g/mol. The van der Waals surface area contributed by atoms with Crippen LogP contribution in [0.15, 0.2) is 30.3 Å². The molecule has 1 rings (SSSR count). The topological polar surface area (TPSA) is 49.3 Å². The predicted molar refractivity (Wildman–Crippen MR) is 72.4 cm³/mol. The number of nitrogens with one attached hydrogen (secondary N) is 1. The molecule has 96 valence electrons. The van der Waals surface area contributed by atoms with Crippen molar-refractivity contribution in [3.63, 3.8) is 0 Å². The van der Waals surface area contributed by atoms with E-state index in [4.69, 9.17) is 0 Å². The highest BCUT2D eigenvalue weighted by Gasteiger charge is 2.08. The Kier molecular flexibility index (Phi) is 6.40. The van der Waals surface area contributed by atoms with Crippen LogP contribution in [0.25, 0.3) is 0 Å². The lowest BCUT2D eigenvalue weighted by molar-refractivity contribution is 0.167. The van der Waals surface area contributed by atoms with Crippen molar-refractivity contribution in [2.75, 3.05) is 19.3 Å². The fourth-order valence-corrected chi connectivity index (χ4v) is 1.86. The number of hydrogen-bond donors (Lipinski definition) is 2. The first-order chi connectivity index (χ1) is 8.11. The summed E-state index contributed by atoms with van der Waals surface area (Å²) in [6, 6.07) is 9.64. The quantitative estimate of drug-likeness (QED) is 0.725. The van der Waals surface area contributed by atoms with E-state index in [0.29, 0.717) is 6.42 Å². The van der Waals surface area contributed by atoms with Crippen LogP contribution < -0.4 is 5.32 Å². The van der Waals surface area contributed by atoms with Crippen LogP contribution in [-0.4, -0.2) is 33.9 Å². The van der Waals surface area contributed by atoms with E-state index in [9.17, 15) is 9.32 Å². The summed E-state index contributed by atoms with van der Waals surface area (Å²) in [5.41, 5.74) is 0.946. The molecule has 0 saturated heterocycles. The third kappa shape index (κ3) is 5.44. The van der Waals surface area contributed by atoms with Crippen LogP contribution in [-0.2, 0) is 10.8 Å². The number of aliphatic hydroxyl groups is 1. The zero-order valence-corrected chi connectivity index (χ0v) is 11.2. The van der Waals surface area contributed by atoms with Crippen molar-refractivity contribution in [2.24, 2.45) is 0 Å². The molecule has 3 nitrogen and oxygen atoms in total. The summed E-state index contributed by atoms with van der Waals surface area (Å²) >= 11 is 0. The van der Waals surface area contributed by atoms with Gasteiger partial charge < -0.3 is 10.4 Å². The fourth-order valence-electron chi connectivity index (χ4n) is 1.50. The summed E-state index contributed by atoms with van der Waals surface area (Å²) < 4.78 is 11.1. The molecule has 17 heavy (non-hydrogen) atoms. The van der Waals surface area contributed by atoms with Gasteiger partial charge in [-0.05, 0) is 25.5 Å². The molecular formula is C13H21NO2S. The summed E-state index contributed by atoms with van der Waals surface area (Å²) in [6.45, 7) is 3.42. The molecule has 0 aromatic heterocycles. The van der Waals surface area contributed by atoms with Crippen molar-refractivity contribution in [2.45, 2.75) is 24.7 Å². The van der Waals surface area contributed by atoms with Gasteiger partial charge in [0.1, 0.15) is 0 Å². The zero-order chi connectivity index (χ0) is 12.7. The first-order valence-electron chi connectivity index (χ1n) is 5.87. The van der Waals surface area contributed by atoms with Gasteiger partial charge in [-0.2, -0.15) is 0 Å². The van der Waals surface area contributed by atoms with E-state index >= 15 is 0 Å². The van der Waals surface area contributed by atoms with Gasteiger partial charge in [0.05, 0.1) is 6.10 Å². The molecule has 1 aromatic rings. The Hall–Kier alpha value is -0.710. The van der Waals surface area contributed by atoms with Gasteiger partial charge in [0, 0.05) is 28.9 Å². The third-order valence-corrected chi connectivity index (χ3v) is 4.08. The van der Waals surface area contributed by atoms with E-state index in [1.54, 1.807) is 6.26 Å². The molecule has 2 unspecified atom stereocenters. The highest BCUT2D eigenvalue weighted by molar-refractivity contribution is 7.84. The van der Waals surface area contributed by atoms with Crippen molar-refractivity contribution in [3.05, 3.63) is 35.9 Å². The van der Waals surface area contributed by atoms with Crippen molar-refractivity contribution in [1.82, 2.24) is 5.32 Å². The number of rotatable bonds is 7. The average molecular weight is 255 g/mol. The van der Waals surface area contributed by atoms with Gasteiger partial charge >= 0.3 is 0 Å². The zero-order valence-electron chi connectivity index (χ0n) is 10.4. The summed E-state index contributed by atoms with van der Waals surface area (Å²) in [6.07, 6.45) is 1.96. The Balaban J connectivity index is 2.21. The summed E-state index contributed by atoms with van der Waals surface area (Å²) in [5.74, 6) is 0. The first kappa shape index (κ1) is 14.4. The van der Waals surface area contributed by atoms with Crippen LogP contribution in [0.1, 0.15) is 25.0 Å². The van der Waals surface area contributed by atoms with Gasteiger partial charge in [-0.15, -0.1) is 0 Å². The van der Waals surface area contributed by atoms with Gasteiger partial charge in [0.15, 0.2) is 0 Å². The molecule has 0 radical (unpaired) electrons. The van der Waals surface area contributed by atoms with Crippen molar-refractivity contribution < 1.29 is 9.32 Å². The molecule has 0 spiro atoms. The Bertz CT molecular complexity index is 343. The van der Waals surface area contributed by atoms with Crippen LogP contribution >= 0.6 is 0 Å². The van der Waals surface area contributed by atoms with Gasteiger partial charge in [0.25, 0.3) is 0 Å². The van der Waals surface area contributed by atoms with E-state index < -0.39 is 16.9 Å². The summed E-state index contributed by atoms with van der Waals surface area (Å²) in [5, 5.41) is 13.3. The molecule has 0 aliphatic rings. The van der Waals surface area contributed by atoms with E-state index in [0.717, 1.165) is 18.7 Å². The third-order valence-electron chi connectivity index (χ3n) is 2.78. The second-order valence-electron chi connectivity index (χ2n) is 4.23. The standard InChI is InChI=1S/C13H21NO2S/c1-11(17(2)16)10-14-9-8-13(15)12-6-4-3-5-7-12/h3-7,11,13-15H,8-10H2,1-2H3/t11?,13-,17?/m1/s1. The predicted octanol–water partition coefficient (Wildman–Crippen LogP) is 1.47. The number of aliphatic hydroxyl groups excluding tert-OH is 1. The van der Waals surface area contributed by atoms with Gasteiger partial charge in [-0.1, -0.05) is 30.3 Å². The van der Waals surface area contributed by atoms with Crippen LogP contribution in [0.2, 0.25) is 0 Å². The molecule has 0 aliphatic heterocycles. The highest BCUT2D eigenvalue weighted by atomic mass is 32.2. The largest absolute Gasteiger partial charge is 0.388 e. The monoisotopic (exact) mass is 255 g/mol. The van der Waals surface area contributed by atoms with E-state index in [1.807, 2.05) is 37.3 Å². The van der Waals surface area contributed by atoms with Crippen LogP contribution in [0.3, 0.4) is 0 Å². The van der Waals surface area contributed by atoms with Gasteiger partial charge in [0.2, 0.25) is 0 Å². The maximum absolute atomic E-state index is 11.1. The van der Waals surface area contributed by atoms with Gasteiger partial charge in [-0.3, -0.25) is 4.21 Å². The molecule has 3 atom stereocenters. The molecule has 2 N–H and O–H groups in total. The Morgan fingerprint density at radius 2 is 2.00 bits per heavy atom. The van der Waals surface area contributed by atoms with E-state index in [-0.39, 0.29) is 5.25 Å². The maximum atomic E-state index is 11.1. The van der Waals surface area contributed by atoms with Gasteiger partial charge in [-0.25, -0.2) is 0 Å². The molecule has 1 aromatic carbocycles. The molecule has 0 saturated carbocycles. The second kappa shape index (κ2) is 7.58. The normalized spacial score (nSPS) is 16.4. The lowest BCUT2D eigenvalue weighted by Crippen LogP contribution is -2.28. The lowest BCUT2D eigenvalue weighted by Gasteiger charge is -2.13. The van der Waals surface area contributed by atoms with E-state index in [1.165, 1.54) is 0 Å². The molecule has 0 fully saturated rings. The second-order valence-corrected chi connectivity index (χ2v) is 6.03. The molecule has 0 heterocycles. The van der Waals surface area contributed by atoms with Crippen LogP contribution in [0, 0.1) is 0 Å². The summed E-state index contributed by atoms with van der Waals surface area (Å²) in [4.78, 5) is 0. The molecule has 0 bridgehead atoms. The van der Waals surface area contributed by atoms with Crippen LogP contribution in [0.5, 0.6) is 0 Å². The molecule has 0 aliphatic carbocycles. The number of hydrogen-bond acceptors (Lipinski definition) is 3. The fraction of sp³-hybridized carbons (Fsp3) is 0.538. The Morgan fingerprint density at radius 3 is 2.59 bits per heavy atom. The maximum Gasteiger partial charge on any atom is 0.0802 e. The Morgan fingerprint density at radius 1 is 1.35 bits per heavy atom. The number of benzene rings is 1. The average Bonchev–Trinajstić information content (AvgIpc) is 2.35. The van der Waals surface area contributed by atoms with Crippen LogP contribution in [0.4, 0.5) is 0 Å². The van der Waals surface area contributed by atoms with Crippen molar-refractivity contribution in [1.29, 1.82) is 0 Å². The van der Waals surface area contributed by atoms with Crippen molar-refractivity contribution in [3.8, 4) is 0 Å². The molecule has 4 heteroatoms. The Labute approximate surface area is 106 Å². The minimum absolute atomic E-state index is 0.156. The first-order valence-corrected chi connectivity index (χ1v) is 7.49. The SMILES string of the molecule is CC(CNCC[C@@H](O)c1ccccc1)S(C)=O. The summed E-state index contributed by atoms with van der Waals surface area (Å²) in [7, 11) is -0.785. The lowest BCUT2D eigenvalue weighted by atomic mass is 10.1.